The van der Waals surface area contributed by atoms with E-state index in [0.717, 1.165) is 24.8 Å². The second kappa shape index (κ2) is 6.78. The summed E-state index contributed by atoms with van der Waals surface area (Å²) >= 11 is 0. The first kappa shape index (κ1) is 14.9. The molecule has 2 nitrogen and oxygen atoms in total. The minimum atomic E-state index is 0. The summed E-state index contributed by atoms with van der Waals surface area (Å²) in [5.41, 5.74) is 9.41. The van der Waals surface area contributed by atoms with Crippen molar-refractivity contribution in [1.82, 2.24) is 4.90 Å². The quantitative estimate of drug-likeness (QED) is 0.847. The third-order valence-corrected chi connectivity index (χ3v) is 3.63. The van der Waals surface area contributed by atoms with Crippen LogP contribution in [0.15, 0.2) is 54.6 Å². The van der Waals surface area contributed by atoms with Crippen LogP contribution in [0.4, 0.5) is 5.69 Å². The molecule has 0 amide bonds. The van der Waals surface area contributed by atoms with Crippen LogP contribution < -0.4 is 5.73 Å². The summed E-state index contributed by atoms with van der Waals surface area (Å²) in [7, 11) is 0. The molecular weight excluding hydrogens is 268 g/mol. The molecule has 0 bridgehead atoms. The van der Waals surface area contributed by atoms with Gasteiger partial charge in [0.1, 0.15) is 0 Å². The van der Waals surface area contributed by atoms with Gasteiger partial charge in [-0.3, -0.25) is 4.90 Å². The van der Waals surface area contributed by atoms with Crippen molar-refractivity contribution in [3.8, 4) is 0 Å². The van der Waals surface area contributed by atoms with Crippen LogP contribution in [0.3, 0.4) is 0 Å². The van der Waals surface area contributed by atoms with Gasteiger partial charge in [-0.05, 0) is 36.1 Å². The molecule has 1 aliphatic carbocycles. The molecule has 0 radical (unpaired) electrons. The minimum absolute atomic E-state index is 0. The van der Waals surface area contributed by atoms with Crippen molar-refractivity contribution >= 4 is 18.1 Å². The Morgan fingerprint density at radius 1 is 0.900 bits per heavy atom. The Kier molecular flexibility index (Phi) is 5.05. The number of anilines is 1. The molecule has 2 aromatic rings. The van der Waals surface area contributed by atoms with Gasteiger partial charge in [0, 0.05) is 24.8 Å². The summed E-state index contributed by atoms with van der Waals surface area (Å²) in [6.07, 6.45) is 2.66. The molecule has 1 saturated carbocycles. The SMILES string of the molecule is Cl.Nc1cccc(CN(Cc2ccccc2)C2CC2)c1. The van der Waals surface area contributed by atoms with Crippen molar-refractivity contribution in [2.24, 2.45) is 0 Å². The molecule has 2 aromatic carbocycles. The van der Waals surface area contributed by atoms with Gasteiger partial charge >= 0.3 is 0 Å². The lowest BCUT2D eigenvalue weighted by Gasteiger charge is -2.22. The predicted octanol–water partition coefficient (Wildman–Crippen LogP) is 3.86. The molecule has 3 heteroatoms. The molecule has 20 heavy (non-hydrogen) atoms. The minimum Gasteiger partial charge on any atom is -0.399 e. The van der Waals surface area contributed by atoms with Crippen LogP contribution in [-0.2, 0) is 13.1 Å². The van der Waals surface area contributed by atoms with Crippen molar-refractivity contribution in [3.63, 3.8) is 0 Å². The molecule has 1 aliphatic rings. The van der Waals surface area contributed by atoms with Gasteiger partial charge < -0.3 is 5.73 Å². The molecule has 3 rings (SSSR count). The molecule has 106 valence electrons. The van der Waals surface area contributed by atoms with E-state index < -0.39 is 0 Å². The highest BCUT2D eigenvalue weighted by molar-refractivity contribution is 5.85. The van der Waals surface area contributed by atoms with Gasteiger partial charge in [-0.15, -0.1) is 12.4 Å². The molecule has 0 unspecified atom stereocenters. The molecule has 2 N–H and O–H groups in total. The zero-order valence-corrected chi connectivity index (χ0v) is 12.4. The third-order valence-electron chi connectivity index (χ3n) is 3.63. The number of rotatable bonds is 5. The van der Waals surface area contributed by atoms with Crippen molar-refractivity contribution in [2.45, 2.75) is 32.0 Å². The third kappa shape index (κ3) is 3.99. The van der Waals surface area contributed by atoms with Crippen LogP contribution >= 0.6 is 12.4 Å². The number of hydrogen-bond acceptors (Lipinski definition) is 2. The standard InChI is InChI=1S/C17H20N2.ClH/c18-16-8-4-7-15(11-16)13-19(17-9-10-17)12-14-5-2-1-3-6-14;/h1-8,11,17H,9-10,12-13,18H2;1H. The lowest BCUT2D eigenvalue weighted by atomic mass is 10.1. The average Bonchev–Trinajstić information content (AvgIpc) is 3.23. The fraction of sp³-hybridized carbons (Fsp3) is 0.294. The first-order valence-electron chi connectivity index (χ1n) is 6.93. The van der Waals surface area contributed by atoms with Crippen LogP contribution in [-0.4, -0.2) is 10.9 Å². The normalized spacial score (nSPS) is 14.1. The number of benzene rings is 2. The molecule has 0 saturated heterocycles. The van der Waals surface area contributed by atoms with E-state index in [0.29, 0.717) is 0 Å². The van der Waals surface area contributed by atoms with Crippen LogP contribution in [0.2, 0.25) is 0 Å². The van der Waals surface area contributed by atoms with Crippen LogP contribution in [0, 0.1) is 0 Å². The number of nitrogen functional groups attached to an aromatic ring is 1. The maximum Gasteiger partial charge on any atom is 0.0317 e. The molecular formula is C17H21ClN2. The van der Waals surface area contributed by atoms with Gasteiger partial charge in [0.05, 0.1) is 0 Å². The van der Waals surface area contributed by atoms with Crippen molar-refractivity contribution in [2.75, 3.05) is 5.73 Å². The summed E-state index contributed by atoms with van der Waals surface area (Å²) in [5.74, 6) is 0. The van der Waals surface area contributed by atoms with Crippen LogP contribution in [0.1, 0.15) is 24.0 Å². The highest BCUT2D eigenvalue weighted by Crippen LogP contribution is 2.30. The van der Waals surface area contributed by atoms with E-state index in [4.69, 9.17) is 5.73 Å². The first-order chi connectivity index (χ1) is 9.31. The van der Waals surface area contributed by atoms with E-state index in [1.165, 1.54) is 24.0 Å². The van der Waals surface area contributed by atoms with E-state index in [-0.39, 0.29) is 12.4 Å². The van der Waals surface area contributed by atoms with Gasteiger partial charge in [-0.1, -0.05) is 42.5 Å². The second-order valence-electron chi connectivity index (χ2n) is 5.37. The Morgan fingerprint density at radius 3 is 2.20 bits per heavy atom. The van der Waals surface area contributed by atoms with Gasteiger partial charge in [0.15, 0.2) is 0 Å². The van der Waals surface area contributed by atoms with Gasteiger partial charge in [-0.25, -0.2) is 0 Å². The van der Waals surface area contributed by atoms with E-state index >= 15 is 0 Å². The fourth-order valence-corrected chi connectivity index (χ4v) is 2.50. The number of halogens is 1. The van der Waals surface area contributed by atoms with Gasteiger partial charge in [-0.2, -0.15) is 0 Å². The Balaban J connectivity index is 0.00000147. The highest BCUT2D eigenvalue weighted by Gasteiger charge is 2.28. The summed E-state index contributed by atoms with van der Waals surface area (Å²) in [6, 6.07) is 19.7. The average molecular weight is 289 g/mol. The summed E-state index contributed by atoms with van der Waals surface area (Å²) in [4.78, 5) is 2.56. The fourth-order valence-electron chi connectivity index (χ4n) is 2.50. The van der Waals surface area contributed by atoms with Crippen LogP contribution in [0.25, 0.3) is 0 Å². The van der Waals surface area contributed by atoms with Crippen molar-refractivity contribution < 1.29 is 0 Å². The number of nitrogens with two attached hydrogens (primary N) is 1. The number of nitrogens with zero attached hydrogens (tertiary/aromatic N) is 1. The second-order valence-corrected chi connectivity index (χ2v) is 5.37. The smallest absolute Gasteiger partial charge is 0.0317 e. The Hall–Kier alpha value is -1.51. The van der Waals surface area contributed by atoms with E-state index in [9.17, 15) is 0 Å². The lowest BCUT2D eigenvalue weighted by Crippen LogP contribution is -2.25. The lowest BCUT2D eigenvalue weighted by molar-refractivity contribution is 0.246. The van der Waals surface area contributed by atoms with E-state index in [1.54, 1.807) is 0 Å². The zero-order valence-electron chi connectivity index (χ0n) is 11.5. The highest BCUT2D eigenvalue weighted by atomic mass is 35.5. The Labute approximate surface area is 127 Å². The maximum atomic E-state index is 5.86. The predicted molar refractivity (Wildman–Crippen MR) is 86.8 cm³/mol. The monoisotopic (exact) mass is 288 g/mol. The van der Waals surface area contributed by atoms with Crippen molar-refractivity contribution in [1.29, 1.82) is 0 Å². The van der Waals surface area contributed by atoms with Crippen molar-refractivity contribution in [3.05, 3.63) is 65.7 Å². The molecule has 0 aromatic heterocycles. The summed E-state index contributed by atoms with van der Waals surface area (Å²) in [6.45, 7) is 2.02. The molecule has 0 aliphatic heterocycles. The Morgan fingerprint density at radius 2 is 1.55 bits per heavy atom. The van der Waals surface area contributed by atoms with E-state index in [1.807, 2.05) is 12.1 Å². The molecule has 0 spiro atoms. The van der Waals surface area contributed by atoms with E-state index in [2.05, 4.69) is 47.4 Å². The first-order valence-corrected chi connectivity index (χ1v) is 6.93. The molecule has 1 fully saturated rings. The van der Waals surface area contributed by atoms with Crippen LogP contribution in [0.5, 0.6) is 0 Å². The summed E-state index contributed by atoms with van der Waals surface area (Å²) < 4.78 is 0. The maximum absolute atomic E-state index is 5.86. The zero-order chi connectivity index (χ0) is 13.1. The molecule has 0 atom stereocenters. The largest absolute Gasteiger partial charge is 0.399 e. The van der Waals surface area contributed by atoms with Gasteiger partial charge in [0.2, 0.25) is 0 Å². The topological polar surface area (TPSA) is 29.3 Å². The Bertz CT molecular complexity index is 538. The van der Waals surface area contributed by atoms with Gasteiger partial charge in [0.25, 0.3) is 0 Å². The summed E-state index contributed by atoms with van der Waals surface area (Å²) in [5, 5.41) is 0. The number of hydrogen-bond donors (Lipinski definition) is 1. The molecule has 0 heterocycles.